The molecule has 0 radical (unpaired) electrons. The van der Waals surface area contributed by atoms with Crippen molar-refractivity contribution in [1.29, 1.82) is 0 Å². The highest BCUT2D eigenvalue weighted by Crippen LogP contribution is 2.24. The monoisotopic (exact) mass is 418 g/mol. The van der Waals surface area contributed by atoms with Crippen molar-refractivity contribution in [2.24, 2.45) is 0 Å². The number of hydrogen-bond acceptors (Lipinski definition) is 3. The average molecular weight is 419 g/mol. The van der Waals surface area contributed by atoms with Crippen molar-refractivity contribution in [3.8, 4) is 5.75 Å². The maximum Gasteiger partial charge on any atom is 0.150 e. The summed E-state index contributed by atoms with van der Waals surface area (Å²) in [5, 5.41) is 3.32. The molecule has 0 bridgehead atoms. The van der Waals surface area contributed by atoms with Gasteiger partial charge in [-0.25, -0.2) is 8.60 Å². The first-order valence-corrected chi connectivity index (χ1v) is 11.8. The number of fused-ring (bicyclic) bond motifs is 1. The van der Waals surface area contributed by atoms with Gasteiger partial charge < -0.3 is 10.1 Å². The van der Waals surface area contributed by atoms with Crippen LogP contribution >= 0.6 is 0 Å². The molecular formula is C23H31FN2O2S. The molecule has 1 aliphatic rings. The predicted molar refractivity (Wildman–Crippen MR) is 117 cm³/mol. The third kappa shape index (κ3) is 6.54. The SMILES string of the molecule is CCCCCCCCOc1ccc(NS(=O)c2ccc3c(c2)CCNC3)c(F)c1. The number of hydrogen-bond donors (Lipinski definition) is 2. The number of anilines is 1. The van der Waals surface area contributed by atoms with Gasteiger partial charge in [-0.3, -0.25) is 4.72 Å². The number of nitrogens with one attached hydrogen (secondary N) is 2. The summed E-state index contributed by atoms with van der Waals surface area (Å²) in [5.41, 5.74) is 2.65. The van der Waals surface area contributed by atoms with E-state index in [1.54, 1.807) is 12.1 Å². The van der Waals surface area contributed by atoms with E-state index in [4.69, 9.17) is 4.74 Å². The maximum absolute atomic E-state index is 14.4. The molecule has 0 saturated carbocycles. The van der Waals surface area contributed by atoms with Gasteiger partial charge in [0, 0.05) is 12.6 Å². The van der Waals surface area contributed by atoms with E-state index in [1.165, 1.54) is 42.9 Å². The van der Waals surface area contributed by atoms with E-state index >= 15 is 0 Å². The number of rotatable bonds is 11. The Morgan fingerprint density at radius 1 is 1.07 bits per heavy atom. The summed E-state index contributed by atoms with van der Waals surface area (Å²) in [6, 6.07) is 10.4. The van der Waals surface area contributed by atoms with Crippen LogP contribution in [0.15, 0.2) is 41.3 Å². The largest absolute Gasteiger partial charge is 0.493 e. The highest BCUT2D eigenvalue weighted by molar-refractivity contribution is 7.86. The summed E-state index contributed by atoms with van der Waals surface area (Å²) in [6.45, 7) is 4.56. The zero-order chi connectivity index (χ0) is 20.5. The maximum atomic E-state index is 14.4. The van der Waals surface area contributed by atoms with Crippen LogP contribution in [0.1, 0.15) is 56.6 Å². The highest BCUT2D eigenvalue weighted by atomic mass is 32.2. The van der Waals surface area contributed by atoms with Crippen molar-refractivity contribution in [3.05, 3.63) is 53.3 Å². The summed E-state index contributed by atoms with van der Waals surface area (Å²) in [4.78, 5) is 0.661. The fourth-order valence-electron chi connectivity index (χ4n) is 3.47. The minimum absolute atomic E-state index is 0.217. The third-order valence-electron chi connectivity index (χ3n) is 5.19. The van der Waals surface area contributed by atoms with Crippen LogP contribution in [0, 0.1) is 5.82 Å². The van der Waals surface area contributed by atoms with Crippen molar-refractivity contribution in [1.82, 2.24) is 5.32 Å². The molecule has 1 heterocycles. The highest BCUT2D eigenvalue weighted by Gasteiger charge is 2.13. The van der Waals surface area contributed by atoms with Crippen LogP contribution in [0.25, 0.3) is 0 Å². The molecule has 6 heteroatoms. The van der Waals surface area contributed by atoms with E-state index in [0.29, 0.717) is 17.3 Å². The quantitative estimate of drug-likeness (QED) is 0.484. The summed E-state index contributed by atoms with van der Waals surface area (Å²) in [7, 11) is -1.51. The Balaban J connectivity index is 1.50. The zero-order valence-electron chi connectivity index (χ0n) is 17.1. The molecule has 3 rings (SSSR count). The lowest BCUT2D eigenvalue weighted by Crippen LogP contribution is -2.23. The number of halogens is 1. The Bertz CT molecular complexity index is 829. The van der Waals surface area contributed by atoms with Gasteiger partial charge in [-0.05, 0) is 54.8 Å². The van der Waals surface area contributed by atoms with Gasteiger partial charge in [0.25, 0.3) is 0 Å². The zero-order valence-corrected chi connectivity index (χ0v) is 18.0. The first-order chi connectivity index (χ1) is 14.2. The molecule has 158 valence electrons. The fraction of sp³-hybridized carbons (Fsp3) is 0.478. The van der Waals surface area contributed by atoms with Crippen molar-refractivity contribution >= 4 is 16.7 Å². The Kier molecular flexibility index (Phi) is 8.50. The van der Waals surface area contributed by atoms with Gasteiger partial charge in [0.15, 0.2) is 5.82 Å². The van der Waals surface area contributed by atoms with Crippen LogP contribution in [-0.4, -0.2) is 17.4 Å². The molecule has 2 aromatic carbocycles. The predicted octanol–water partition coefficient (Wildman–Crippen LogP) is 5.35. The molecule has 0 saturated heterocycles. The van der Waals surface area contributed by atoms with Crippen LogP contribution in [-0.2, 0) is 24.0 Å². The summed E-state index contributed by atoms with van der Waals surface area (Å²) >= 11 is 0. The van der Waals surface area contributed by atoms with Crippen LogP contribution < -0.4 is 14.8 Å². The first kappa shape index (κ1) is 21.8. The van der Waals surface area contributed by atoms with Crippen molar-refractivity contribution < 1.29 is 13.3 Å². The fourth-order valence-corrected chi connectivity index (χ4v) is 4.39. The lowest BCUT2D eigenvalue weighted by Gasteiger charge is -2.18. The Labute approximate surface area is 175 Å². The molecule has 0 aromatic heterocycles. The first-order valence-electron chi connectivity index (χ1n) is 10.6. The van der Waals surface area contributed by atoms with Crippen molar-refractivity contribution in [3.63, 3.8) is 0 Å². The van der Waals surface area contributed by atoms with E-state index in [2.05, 4.69) is 17.0 Å². The molecule has 1 unspecified atom stereocenters. The number of unbranched alkanes of at least 4 members (excludes halogenated alkanes) is 5. The second-order valence-corrected chi connectivity index (χ2v) is 8.70. The molecule has 1 atom stereocenters. The van der Waals surface area contributed by atoms with E-state index < -0.39 is 16.8 Å². The lowest BCUT2D eigenvalue weighted by molar-refractivity contribution is 0.303. The Morgan fingerprint density at radius 3 is 2.72 bits per heavy atom. The van der Waals surface area contributed by atoms with Crippen LogP contribution in [0.4, 0.5) is 10.1 Å². The Morgan fingerprint density at radius 2 is 1.90 bits per heavy atom. The molecular weight excluding hydrogens is 387 g/mol. The van der Waals surface area contributed by atoms with Crippen LogP contribution in [0.5, 0.6) is 5.75 Å². The molecule has 0 amide bonds. The van der Waals surface area contributed by atoms with Crippen molar-refractivity contribution in [2.75, 3.05) is 17.9 Å². The second-order valence-electron chi connectivity index (χ2n) is 7.49. The molecule has 0 fully saturated rings. The van der Waals surface area contributed by atoms with Gasteiger partial charge in [0.05, 0.1) is 17.2 Å². The van der Waals surface area contributed by atoms with E-state index in [0.717, 1.165) is 32.4 Å². The number of benzene rings is 2. The molecule has 29 heavy (non-hydrogen) atoms. The topological polar surface area (TPSA) is 50.4 Å². The molecule has 1 aliphatic heterocycles. The Hall–Kier alpha value is -1.92. The van der Waals surface area contributed by atoms with Gasteiger partial charge in [0.1, 0.15) is 16.7 Å². The molecule has 0 aliphatic carbocycles. The van der Waals surface area contributed by atoms with Crippen LogP contribution in [0.3, 0.4) is 0 Å². The van der Waals surface area contributed by atoms with E-state index in [1.807, 2.05) is 18.2 Å². The van der Waals surface area contributed by atoms with E-state index in [-0.39, 0.29) is 5.69 Å². The van der Waals surface area contributed by atoms with Crippen molar-refractivity contribution in [2.45, 2.75) is 63.3 Å². The minimum atomic E-state index is -1.51. The summed E-state index contributed by atoms with van der Waals surface area (Å²) in [5.74, 6) is 0.0506. The van der Waals surface area contributed by atoms with Gasteiger partial charge in [-0.1, -0.05) is 45.1 Å². The third-order valence-corrected chi connectivity index (χ3v) is 6.28. The number of ether oxygens (including phenoxy) is 1. The normalized spacial score (nSPS) is 14.3. The molecule has 2 N–H and O–H groups in total. The minimum Gasteiger partial charge on any atom is -0.493 e. The molecule has 0 spiro atoms. The van der Waals surface area contributed by atoms with Gasteiger partial charge in [0.2, 0.25) is 0 Å². The van der Waals surface area contributed by atoms with Gasteiger partial charge in [-0.15, -0.1) is 0 Å². The smallest absolute Gasteiger partial charge is 0.150 e. The summed E-state index contributed by atoms with van der Waals surface area (Å²) < 4.78 is 35.5. The second kappa shape index (κ2) is 11.3. The van der Waals surface area contributed by atoms with Gasteiger partial charge in [-0.2, -0.15) is 0 Å². The summed E-state index contributed by atoms with van der Waals surface area (Å²) in [6.07, 6.45) is 8.04. The standard InChI is InChI=1S/C23H31FN2O2S/c1-2-3-4-5-6-7-14-28-20-9-11-23(22(24)16-20)26-29(27)21-10-8-19-17-25-13-12-18(19)15-21/h8-11,15-16,25-26H,2-7,12-14,17H2,1H3. The molecule has 4 nitrogen and oxygen atoms in total. The molecule has 2 aromatic rings. The van der Waals surface area contributed by atoms with E-state index in [9.17, 15) is 8.60 Å². The average Bonchev–Trinajstić information content (AvgIpc) is 2.74. The van der Waals surface area contributed by atoms with Crippen LogP contribution in [0.2, 0.25) is 0 Å². The van der Waals surface area contributed by atoms with Gasteiger partial charge >= 0.3 is 0 Å². The lowest BCUT2D eigenvalue weighted by atomic mass is 10.0.